The summed E-state index contributed by atoms with van der Waals surface area (Å²) in [5.41, 5.74) is 12.1. The lowest BCUT2D eigenvalue weighted by molar-refractivity contribution is -0.268. The Bertz CT molecular complexity index is 1310. The van der Waals surface area contributed by atoms with E-state index in [9.17, 15) is 5.11 Å². The first-order valence-electron chi connectivity index (χ1n) is 12.4. The van der Waals surface area contributed by atoms with Gasteiger partial charge in [-0.15, -0.1) is 10.2 Å². The van der Waals surface area contributed by atoms with Crippen LogP contribution in [0, 0.1) is 5.92 Å². The van der Waals surface area contributed by atoms with Crippen LogP contribution < -0.4 is 5.73 Å². The summed E-state index contributed by atoms with van der Waals surface area (Å²) in [6.45, 7) is 2.70. The van der Waals surface area contributed by atoms with E-state index in [1.54, 1.807) is 18.1 Å². The van der Waals surface area contributed by atoms with Crippen LogP contribution in [0.4, 0.5) is 0 Å². The molecule has 0 saturated carbocycles. The van der Waals surface area contributed by atoms with Gasteiger partial charge in [-0.25, -0.2) is 0 Å². The summed E-state index contributed by atoms with van der Waals surface area (Å²) in [5.74, 6) is 0.832. The van der Waals surface area contributed by atoms with Crippen LogP contribution in [0.3, 0.4) is 0 Å². The van der Waals surface area contributed by atoms with Gasteiger partial charge in [0.25, 0.3) is 0 Å². The standard InChI is InChI=1S/C29H32N4O3S/c1-19-26(17-37-29-32-31-18-33(29)2)35-28(36-27(19)23-8-6-20(16-34)7-9-23)24-12-10-22(11-13-24)25-5-3-4-21(14-25)15-30/h3-14,18-19,26-28,34H,15-17,30H2,1-2H3/t19-,26+,27+,28+/m0/s1. The molecule has 0 amide bonds. The topological polar surface area (TPSA) is 95.4 Å². The van der Waals surface area contributed by atoms with Crippen LogP contribution in [0.1, 0.15) is 41.6 Å². The summed E-state index contributed by atoms with van der Waals surface area (Å²) in [5, 5.41) is 18.5. The molecular weight excluding hydrogens is 484 g/mol. The highest BCUT2D eigenvalue weighted by atomic mass is 32.2. The van der Waals surface area contributed by atoms with Crippen molar-refractivity contribution in [3.05, 3.63) is 101 Å². The van der Waals surface area contributed by atoms with Gasteiger partial charge in [-0.3, -0.25) is 0 Å². The summed E-state index contributed by atoms with van der Waals surface area (Å²) in [6.07, 6.45) is 0.977. The van der Waals surface area contributed by atoms with E-state index < -0.39 is 6.29 Å². The number of aliphatic hydroxyl groups excluding tert-OH is 1. The first-order valence-corrected chi connectivity index (χ1v) is 13.4. The highest BCUT2D eigenvalue weighted by Crippen LogP contribution is 2.43. The molecule has 0 spiro atoms. The highest BCUT2D eigenvalue weighted by Gasteiger charge is 2.38. The number of hydrogen-bond donors (Lipinski definition) is 2. The molecule has 7 nitrogen and oxygen atoms in total. The van der Waals surface area contributed by atoms with Gasteiger partial charge in [0.15, 0.2) is 11.4 Å². The number of nitrogens with two attached hydrogens (primary N) is 1. The lowest BCUT2D eigenvalue weighted by Crippen LogP contribution is -2.38. The average molecular weight is 517 g/mol. The maximum absolute atomic E-state index is 9.47. The van der Waals surface area contributed by atoms with E-state index in [1.807, 2.05) is 48.0 Å². The Morgan fingerprint density at radius 1 is 0.946 bits per heavy atom. The quantitative estimate of drug-likeness (QED) is 0.318. The Balaban J connectivity index is 1.40. The Morgan fingerprint density at radius 3 is 2.38 bits per heavy atom. The fraction of sp³-hybridized carbons (Fsp3) is 0.310. The Kier molecular flexibility index (Phi) is 8.02. The third-order valence-electron chi connectivity index (χ3n) is 6.85. The molecule has 8 heteroatoms. The second-order valence-corrected chi connectivity index (χ2v) is 10.4. The molecule has 3 N–H and O–H groups in total. The predicted molar refractivity (Wildman–Crippen MR) is 144 cm³/mol. The van der Waals surface area contributed by atoms with Crippen molar-refractivity contribution in [2.75, 3.05) is 5.75 Å². The van der Waals surface area contributed by atoms with E-state index in [0.29, 0.717) is 6.54 Å². The number of aryl methyl sites for hydroxylation is 1. The molecule has 5 rings (SSSR count). The minimum Gasteiger partial charge on any atom is -0.392 e. The van der Waals surface area contributed by atoms with Gasteiger partial charge in [0, 0.05) is 30.8 Å². The molecule has 4 aromatic rings. The maximum atomic E-state index is 9.47. The molecule has 1 aromatic heterocycles. The van der Waals surface area contributed by atoms with Gasteiger partial charge < -0.3 is 24.9 Å². The van der Waals surface area contributed by atoms with Crippen LogP contribution in [-0.2, 0) is 29.7 Å². The molecule has 4 atom stereocenters. The zero-order chi connectivity index (χ0) is 25.8. The molecule has 192 valence electrons. The zero-order valence-corrected chi connectivity index (χ0v) is 21.8. The average Bonchev–Trinajstić information content (AvgIpc) is 3.37. The molecule has 37 heavy (non-hydrogen) atoms. The molecule has 0 aliphatic carbocycles. The molecule has 0 radical (unpaired) electrons. The second kappa shape index (κ2) is 11.6. The lowest BCUT2D eigenvalue weighted by atomic mass is 9.91. The fourth-order valence-corrected chi connectivity index (χ4v) is 5.63. The van der Waals surface area contributed by atoms with Crippen LogP contribution in [-0.4, -0.2) is 31.7 Å². The van der Waals surface area contributed by atoms with Crippen molar-refractivity contribution in [1.29, 1.82) is 0 Å². The van der Waals surface area contributed by atoms with Crippen molar-refractivity contribution >= 4 is 11.8 Å². The van der Waals surface area contributed by atoms with Crippen molar-refractivity contribution in [3.8, 4) is 11.1 Å². The molecule has 0 unspecified atom stereocenters. The third kappa shape index (κ3) is 5.79. The maximum Gasteiger partial charge on any atom is 0.190 e. The molecule has 3 aromatic carbocycles. The van der Waals surface area contributed by atoms with Crippen molar-refractivity contribution in [3.63, 3.8) is 0 Å². The highest BCUT2D eigenvalue weighted by molar-refractivity contribution is 7.99. The van der Waals surface area contributed by atoms with Crippen LogP contribution >= 0.6 is 11.8 Å². The van der Waals surface area contributed by atoms with Gasteiger partial charge in [-0.05, 0) is 33.9 Å². The Hall–Kier alpha value is -3.01. The second-order valence-electron chi connectivity index (χ2n) is 9.38. The summed E-state index contributed by atoms with van der Waals surface area (Å²) in [7, 11) is 1.94. The van der Waals surface area contributed by atoms with E-state index in [-0.39, 0.29) is 24.7 Å². The van der Waals surface area contributed by atoms with Crippen molar-refractivity contribution in [1.82, 2.24) is 14.8 Å². The Labute approximate surface area is 221 Å². The molecule has 1 aliphatic heterocycles. The number of aromatic nitrogens is 3. The number of benzene rings is 3. The third-order valence-corrected chi connectivity index (χ3v) is 7.97. The van der Waals surface area contributed by atoms with Gasteiger partial charge >= 0.3 is 0 Å². The lowest BCUT2D eigenvalue weighted by Gasteiger charge is -2.41. The molecule has 1 saturated heterocycles. The zero-order valence-electron chi connectivity index (χ0n) is 21.0. The molecule has 2 heterocycles. The normalized spacial score (nSPS) is 21.7. The van der Waals surface area contributed by atoms with Crippen LogP contribution in [0.15, 0.2) is 84.3 Å². The number of nitrogens with zero attached hydrogens (tertiary/aromatic N) is 3. The molecular formula is C29H32N4O3S. The van der Waals surface area contributed by atoms with Crippen LogP contribution in [0.25, 0.3) is 11.1 Å². The van der Waals surface area contributed by atoms with Gasteiger partial charge in [0.05, 0.1) is 18.8 Å². The number of ether oxygens (including phenoxy) is 2. The molecule has 0 bridgehead atoms. The number of aliphatic hydroxyl groups is 1. The van der Waals surface area contributed by atoms with E-state index >= 15 is 0 Å². The van der Waals surface area contributed by atoms with E-state index in [1.165, 1.54) is 0 Å². The SMILES string of the molecule is C[C@H]1[C@@H](CSc2nncn2C)O[C@@H](c2ccc(-c3cccc(CN)c3)cc2)O[C@H]1c1ccc(CO)cc1. The van der Waals surface area contributed by atoms with Crippen molar-refractivity contribution in [2.45, 2.75) is 43.7 Å². The first kappa shape index (κ1) is 25.6. The first-order chi connectivity index (χ1) is 18.1. The van der Waals surface area contributed by atoms with E-state index in [0.717, 1.165) is 44.3 Å². The summed E-state index contributed by atoms with van der Waals surface area (Å²) < 4.78 is 15.0. The van der Waals surface area contributed by atoms with Crippen LogP contribution in [0.2, 0.25) is 0 Å². The molecule has 1 aliphatic rings. The monoisotopic (exact) mass is 516 g/mol. The van der Waals surface area contributed by atoms with Gasteiger partial charge in [-0.1, -0.05) is 85.4 Å². The van der Waals surface area contributed by atoms with Gasteiger partial charge in [0.2, 0.25) is 0 Å². The molecule has 1 fully saturated rings. The fourth-order valence-electron chi connectivity index (χ4n) is 4.58. The summed E-state index contributed by atoms with van der Waals surface area (Å²) >= 11 is 1.63. The summed E-state index contributed by atoms with van der Waals surface area (Å²) in [4.78, 5) is 0. The van der Waals surface area contributed by atoms with Crippen LogP contribution in [0.5, 0.6) is 0 Å². The summed E-state index contributed by atoms with van der Waals surface area (Å²) in [6, 6.07) is 24.6. The smallest absolute Gasteiger partial charge is 0.190 e. The number of rotatable bonds is 8. The van der Waals surface area contributed by atoms with Crippen molar-refractivity contribution in [2.24, 2.45) is 18.7 Å². The van der Waals surface area contributed by atoms with Crippen molar-refractivity contribution < 1.29 is 14.6 Å². The number of hydrogen-bond acceptors (Lipinski definition) is 7. The number of thioether (sulfide) groups is 1. The largest absolute Gasteiger partial charge is 0.392 e. The minimum absolute atomic E-state index is 0.0184. The van der Waals surface area contributed by atoms with E-state index in [2.05, 4.69) is 53.5 Å². The predicted octanol–water partition coefficient (Wildman–Crippen LogP) is 5.02. The van der Waals surface area contributed by atoms with E-state index in [4.69, 9.17) is 15.2 Å². The minimum atomic E-state index is -0.506. The Morgan fingerprint density at radius 2 is 1.70 bits per heavy atom. The van der Waals surface area contributed by atoms with Gasteiger partial charge in [0.1, 0.15) is 6.33 Å². The van der Waals surface area contributed by atoms with Gasteiger partial charge in [-0.2, -0.15) is 0 Å².